The second-order valence-corrected chi connectivity index (χ2v) is 6.45. The van der Waals surface area contributed by atoms with Crippen molar-refractivity contribution < 1.29 is 4.79 Å². The molecule has 2 amide bonds. The summed E-state index contributed by atoms with van der Waals surface area (Å²) in [5.41, 5.74) is 3.80. The van der Waals surface area contributed by atoms with Gasteiger partial charge in [-0.1, -0.05) is 36.4 Å². The van der Waals surface area contributed by atoms with E-state index in [-0.39, 0.29) is 6.03 Å². The second-order valence-electron chi connectivity index (χ2n) is 6.45. The Hall–Kier alpha value is -3.12. The highest BCUT2D eigenvalue weighted by Gasteiger charge is 2.25. The normalized spacial score (nSPS) is 13.9. The molecule has 0 aliphatic carbocycles. The van der Waals surface area contributed by atoms with Crippen LogP contribution in [0.5, 0.6) is 0 Å². The fourth-order valence-electron chi connectivity index (χ4n) is 3.18. The lowest BCUT2D eigenvalue weighted by Crippen LogP contribution is -2.27. The van der Waals surface area contributed by atoms with E-state index in [9.17, 15) is 4.79 Å². The van der Waals surface area contributed by atoms with Crippen molar-refractivity contribution in [2.45, 2.75) is 13.0 Å². The first-order chi connectivity index (χ1) is 12.7. The molecule has 0 unspecified atom stereocenters. The highest BCUT2D eigenvalue weighted by Crippen LogP contribution is 2.28. The molecule has 0 atom stereocenters. The molecule has 6 nitrogen and oxygen atoms in total. The van der Waals surface area contributed by atoms with Gasteiger partial charge in [0, 0.05) is 30.8 Å². The number of fused-ring (bicyclic) bond motifs is 1. The Bertz CT molecular complexity index is 905. The molecule has 26 heavy (non-hydrogen) atoms. The van der Waals surface area contributed by atoms with Gasteiger partial charge in [-0.05, 0) is 31.3 Å². The minimum atomic E-state index is -0.274. The van der Waals surface area contributed by atoms with Crippen LogP contribution in [0.3, 0.4) is 0 Å². The minimum absolute atomic E-state index is 0.274. The molecule has 1 aliphatic rings. The van der Waals surface area contributed by atoms with Crippen molar-refractivity contribution in [3.8, 4) is 5.69 Å². The van der Waals surface area contributed by atoms with Crippen LogP contribution in [0.25, 0.3) is 5.69 Å². The summed E-state index contributed by atoms with van der Waals surface area (Å²) in [5.74, 6) is 0.728. The summed E-state index contributed by atoms with van der Waals surface area (Å²) in [6.45, 7) is 1.73. The Labute approximate surface area is 152 Å². The van der Waals surface area contributed by atoms with Crippen molar-refractivity contribution in [1.29, 1.82) is 0 Å². The molecular weight excluding hydrogens is 326 g/mol. The lowest BCUT2D eigenvalue weighted by Gasteiger charge is -2.22. The largest absolute Gasteiger partial charge is 0.324 e. The maximum atomic E-state index is 12.6. The van der Waals surface area contributed by atoms with E-state index in [0.717, 1.165) is 48.0 Å². The zero-order chi connectivity index (χ0) is 17.9. The molecule has 6 heteroatoms. The van der Waals surface area contributed by atoms with E-state index in [1.54, 1.807) is 0 Å². The van der Waals surface area contributed by atoms with Crippen LogP contribution in [0.15, 0.2) is 60.7 Å². The Balaban J connectivity index is 1.67. The third kappa shape index (κ3) is 3.32. The fraction of sp³-hybridized carbons (Fsp3) is 0.200. The fourth-order valence-corrected chi connectivity index (χ4v) is 3.18. The molecule has 0 fully saturated rings. The van der Waals surface area contributed by atoms with Gasteiger partial charge in [0.05, 0.1) is 11.4 Å². The standard InChI is InChI=1S/C20H21N5O/c1-24-13-12-18-17(14-24)19(25(23-18)16-10-6-3-7-11-16)22-20(26)21-15-8-4-2-5-9-15/h2-11H,12-14H2,1H3,(H2,21,22,26). The molecule has 2 heterocycles. The predicted molar refractivity (Wildman–Crippen MR) is 103 cm³/mol. The van der Waals surface area contributed by atoms with Gasteiger partial charge in [-0.3, -0.25) is 5.32 Å². The van der Waals surface area contributed by atoms with Crippen LogP contribution in [0.1, 0.15) is 11.3 Å². The Morgan fingerprint density at radius 1 is 1.00 bits per heavy atom. The maximum absolute atomic E-state index is 12.6. The summed E-state index contributed by atoms with van der Waals surface area (Å²) in [4.78, 5) is 14.8. The van der Waals surface area contributed by atoms with E-state index in [1.165, 1.54) is 0 Å². The van der Waals surface area contributed by atoms with Gasteiger partial charge in [-0.15, -0.1) is 0 Å². The van der Waals surface area contributed by atoms with Gasteiger partial charge in [0.2, 0.25) is 0 Å². The number of hydrogen-bond acceptors (Lipinski definition) is 3. The number of para-hydroxylation sites is 2. The number of anilines is 2. The summed E-state index contributed by atoms with van der Waals surface area (Å²) >= 11 is 0. The number of hydrogen-bond donors (Lipinski definition) is 2. The highest BCUT2D eigenvalue weighted by molar-refractivity contribution is 5.99. The maximum Gasteiger partial charge on any atom is 0.324 e. The quantitative estimate of drug-likeness (QED) is 0.762. The molecule has 132 valence electrons. The van der Waals surface area contributed by atoms with Crippen molar-refractivity contribution >= 4 is 17.5 Å². The number of aromatic nitrogens is 2. The van der Waals surface area contributed by atoms with Gasteiger partial charge in [0.15, 0.2) is 0 Å². The topological polar surface area (TPSA) is 62.2 Å². The summed E-state index contributed by atoms with van der Waals surface area (Å²) in [6.07, 6.45) is 0.876. The molecule has 0 bridgehead atoms. The van der Waals surface area contributed by atoms with Crippen LogP contribution >= 0.6 is 0 Å². The van der Waals surface area contributed by atoms with Crippen LogP contribution in [0, 0.1) is 0 Å². The van der Waals surface area contributed by atoms with Crippen molar-refractivity contribution in [2.24, 2.45) is 0 Å². The third-order valence-electron chi connectivity index (χ3n) is 4.49. The number of urea groups is 1. The number of likely N-dealkylation sites (N-methyl/N-ethyl adjacent to an activating group) is 1. The summed E-state index contributed by atoms with van der Waals surface area (Å²) in [6, 6.07) is 19.0. The van der Waals surface area contributed by atoms with E-state index in [4.69, 9.17) is 5.10 Å². The van der Waals surface area contributed by atoms with Gasteiger partial charge in [0.1, 0.15) is 5.82 Å². The molecule has 3 aromatic rings. The lowest BCUT2D eigenvalue weighted by atomic mass is 10.1. The monoisotopic (exact) mass is 347 g/mol. The van der Waals surface area contributed by atoms with E-state index in [0.29, 0.717) is 0 Å². The number of rotatable bonds is 3. The number of amides is 2. The molecule has 0 saturated carbocycles. The number of nitrogens with zero attached hydrogens (tertiary/aromatic N) is 3. The molecule has 0 saturated heterocycles. The zero-order valence-corrected chi connectivity index (χ0v) is 14.6. The summed E-state index contributed by atoms with van der Waals surface area (Å²) < 4.78 is 1.83. The van der Waals surface area contributed by atoms with Crippen LogP contribution in [-0.4, -0.2) is 34.3 Å². The van der Waals surface area contributed by atoms with E-state index >= 15 is 0 Å². The number of nitrogens with one attached hydrogen (secondary N) is 2. The van der Waals surface area contributed by atoms with Crippen molar-refractivity contribution in [3.63, 3.8) is 0 Å². The van der Waals surface area contributed by atoms with Gasteiger partial charge >= 0.3 is 6.03 Å². The number of carbonyl (C=O) groups is 1. The molecular formula is C20H21N5O. The first-order valence-corrected chi connectivity index (χ1v) is 8.68. The first kappa shape index (κ1) is 16.4. The number of benzene rings is 2. The summed E-state index contributed by atoms with van der Waals surface area (Å²) in [5, 5.41) is 10.6. The zero-order valence-electron chi connectivity index (χ0n) is 14.6. The smallest absolute Gasteiger partial charge is 0.308 e. The van der Waals surface area contributed by atoms with Crippen LogP contribution in [0.2, 0.25) is 0 Å². The predicted octanol–water partition coefficient (Wildman–Crippen LogP) is 3.50. The van der Waals surface area contributed by atoms with E-state index in [2.05, 4.69) is 22.6 Å². The van der Waals surface area contributed by atoms with Gasteiger partial charge in [0.25, 0.3) is 0 Å². The molecule has 1 aromatic heterocycles. The molecule has 2 aromatic carbocycles. The average molecular weight is 347 g/mol. The van der Waals surface area contributed by atoms with Gasteiger partial charge in [-0.2, -0.15) is 5.10 Å². The van der Waals surface area contributed by atoms with E-state index < -0.39 is 0 Å². The summed E-state index contributed by atoms with van der Waals surface area (Å²) in [7, 11) is 2.08. The third-order valence-corrected chi connectivity index (χ3v) is 4.49. The van der Waals surface area contributed by atoms with Crippen LogP contribution in [0.4, 0.5) is 16.3 Å². The molecule has 4 rings (SSSR count). The Morgan fingerprint density at radius 3 is 2.42 bits per heavy atom. The minimum Gasteiger partial charge on any atom is -0.308 e. The van der Waals surface area contributed by atoms with Gasteiger partial charge in [-0.25, -0.2) is 9.48 Å². The molecule has 2 N–H and O–H groups in total. The van der Waals surface area contributed by atoms with Crippen molar-refractivity contribution in [2.75, 3.05) is 24.2 Å². The first-order valence-electron chi connectivity index (χ1n) is 8.68. The SMILES string of the molecule is CN1CCc2nn(-c3ccccc3)c(NC(=O)Nc3ccccc3)c2C1. The highest BCUT2D eigenvalue weighted by atomic mass is 16.2. The van der Waals surface area contributed by atoms with Gasteiger partial charge < -0.3 is 10.2 Å². The lowest BCUT2D eigenvalue weighted by molar-refractivity contribution is 0.262. The second kappa shape index (κ2) is 7.01. The Morgan fingerprint density at radius 2 is 1.69 bits per heavy atom. The molecule has 0 radical (unpaired) electrons. The molecule has 1 aliphatic heterocycles. The van der Waals surface area contributed by atoms with Crippen LogP contribution < -0.4 is 10.6 Å². The van der Waals surface area contributed by atoms with Crippen molar-refractivity contribution in [3.05, 3.63) is 71.9 Å². The average Bonchev–Trinajstić information content (AvgIpc) is 3.01. The molecule has 0 spiro atoms. The van der Waals surface area contributed by atoms with E-state index in [1.807, 2.05) is 65.3 Å². The van der Waals surface area contributed by atoms with Crippen molar-refractivity contribution in [1.82, 2.24) is 14.7 Å². The number of carbonyl (C=O) groups excluding carboxylic acids is 1. The Kier molecular flexibility index (Phi) is 4.41. The van der Waals surface area contributed by atoms with Crippen LogP contribution in [-0.2, 0) is 13.0 Å².